The molecule has 0 bridgehead atoms. The van der Waals surface area contributed by atoms with Crippen LogP contribution < -0.4 is 14.8 Å². The van der Waals surface area contributed by atoms with Crippen LogP contribution in [0.3, 0.4) is 0 Å². The van der Waals surface area contributed by atoms with Gasteiger partial charge in [-0.2, -0.15) is 5.26 Å². The normalized spacial score (nSPS) is 14.1. The number of benzene rings is 3. The molecule has 208 valence electrons. The minimum atomic E-state index is -1.16. The lowest BCUT2D eigenvalue weighted by molar-refractivity contribution is -0.140. The molecule has 1 heterocycles. The number of imide groups is 1. The van der Waals surface area contributed by atoms with E-state index in [1.165, 1.54) is 25.3 Å². The Morgan fingerprint density at radius 1 is 0.976 bits per heavy atom. The average molecular weight is 552 g/mol. The molecule has 2 atom stereocenters. The molecule has 9 nitrogen and oxygen atoms in total. The van der Waals surface area contributed by atoms with Crippen LogP contribution in [0.15, 0.2) is 78.4 Å². The van der Waals surface area contributed by atoms with Crippen molar-refractivity contribution in [1.82, 2.24) is 10.2 Å². The number of ether oxygens (including phenoxy) is 2. The smallest absolute Gasteiger partial charge is 0.335 e. The largest absolute Gasteiger partial charge is 0.493 e. The number of carbonyl (C=O) groups excluding carboxylic acids is 4. The van der Waals surface area contributed by atoms with E-state index < -0.39 is 29.7 Å². The molecule has 3 aromatic carbocycles. The van der Waals surface area contributed by atoms with Crippen molar-refractivity contribution in [2.24, 2.45) is 5.92 Å². The number of hydrogen-bond donors (Lipinski definition) is 1. The van der Waals surface area contributed by atoms with E-state index in [1.54, 1.807) is 37.3 Å². The summed E-state index contributed by atoms with van der Waals surface area (Å²) < 4.78 is 11.1. The zero-order valence-electron chi connectivity index (χ0n) is 22.9. The highest BCUT2D eigenvalue weighted by Crippen LogP contribution is 2.32. The molecule has 0 radical (unpaired) electrons. The maximum absolute atomic E-state index is 13.5. The van der Waals surface area contributed by atoms with Crippen LogP contribution >= 0.6 is 0 Å². The van der Waals surface area contributed by atoms with E-state index in [-0.39, 0.29) is 40.7 Å². The maximum atomic E-state index is 13.5. The van der Waals surface area contributed by atoms with Gasteiger partial charge in [0.2, 0.25) is 0 Å². The molecule has 1 N–H and O–H groups in total. The summed E-state index contributed by atoms with van der Waals surface area (Å²) in [7, 11) is 1.38. The SMILES string of the molecule is CCC(C)C(C(=O)Oc1ccc(/C=C(\C#N)C(=O)NCc2ccccc2)cc1OC)N1C(=O)c2ccccc2C1=O. The fourth-order valence-corrected chi connectivity index (χ4v) is 4.49. The Balaban J connectivity index is 1.54. The molecule has 0 spiro atoms. The van der Waals surface area contributed by atoms with Crippen molar-refractivity contribution >= 4 is 29.8 Å². The van der Waals surface area contributed by atoms with Crippen molar-refractivity contribution in [3.05, 3.63) is 101 Å². The number of nitriles is 1. The van der Waals surface area contributed by atoms with E-state index in [9.17, 15) is 24.4 Å². The lowest BCUT2D eigenvalue weighted by atomic mass is 9.97. The molecule has 3 amide bonds. The van der Waals surface area contributed by atoms with E-state index in [0.29, 0.717) is 12.0 Å². The maximum Gasteiger partial charge on any atom is 0.335 e. The van der Waals surface area contributed by atoms with Gasteiger partial charge in [-0.1, -0.05) is 68.8 Å². The van der Waals surface area contributed by atoms with Gasteiger partial charge in [0.1, 0.15) is 17.7 Å². The summed E-state index contributed by atoms with van der Waals surface area (Å²) in [5.74, 6) is -2.57. The lowest BCUT2D eigenvalue weighted by Gasteiger charge is -2.29. The Labute approximate surface area is 238 Å². The van der Waals surface area contributed by atoms with Gasteiger partial charge in [0, 0.05) is 6.54 Å². The molecule has 4 rings (SSSR count). The van der Waals surface area contributed by atoms with Crippen molar-refractivity contribution in [3.8, 4) is 17.6 Å². The van der Waals surface area contributed by atoms with Crippen LogP contribution in [-0.2, 0) is 16.1 Å². The Morgan fingerprint density at radius 3 is 2.20 bits per heavy atom. The monoisotopic (exact) mass is 551 g/mol. The zero-order chi connectivity index (χ0) is 29.5. The summed E-state index contributed by atoms with van der Waals surface area (Å²) in [5, 5.41) is 12.3. The average Bonchev–Trinajstić information content (AvgIpc) is 3.25. The summed E-state index contributed by atoms with van der Waals surface area (Å²) in [6.45, 7) is 3.89. The van der Waals surface area contributed by atoms with Crippen LogP contribution in [0.1, 0.15) is 52.1 Å². The first-order valence-electron chi connectivity index (χ1n) is 13.1. The Hall–Kier alpha value is -5.23. The van der Waals surface area contributed by atoms with Crippen molar-refractivity contribution < 1.29 is 28.7 Å². The first kappa shape index (κ1) is 28.8. The molecule has 0 fully saturated rings. The van der Waals surface area contributed by atoms with E-state index in [1.807, 2.05) is 43.3 Å². The second-order valence-electron chi connectivity index (χ2n) is 9.53. The summed E-state index contributed by atoms with van der Waals surface area (Å²) >= 11 is 0. The first-order chi connectivity index (χ1) is 19.8. The van der Waals surface area contributed by atoms with Crippen LogP contribution in [0.2, 0.25) is 0 Å². The third kappa shape index (κ3) is 6.17. The number of rotatable bonds is 10. The Morgan fingerprint density at radius 2 is 1.61 bits per heavy atom. The van der Waals surface area contributed by atoms with Crippen molar-refractivity contribution in [2.45, 2.75) is 32.9 Å². The summed E-state index contributed by atoms with van der Waals surface area (Å²) in [4.78, 5) is 53.2. The van der Waals surface area contributed by atoms with Crippen LogP contribution in [0.5, 0.6) is 11.5 Å². The van der Waals surface area contributed by atoms with Gasteiger partial charge in [-0.15, -0.1) is 0 Å². The molecule has 3 aromatic rings. The number of fused-ring (bicyclic) bond motifs is 1. The van der Waals surface area contributed by atoms with Crippen LogP contribution in [0.25, 0.3) is 6.08 Å². The molecule has 2 unspecified atom stereocenters. The summed E-state index contributed by atoms with van der Waals surface area (Å²) in [6, 6.07) is 21.0. The van der Waals surface area contributed by atoms with Crippen LogP contribution in [0, 0.1) is 17.2 Å². The van der Waals surface area contributed by atoms with Gasteiger partial charge in [-0.25, -0.2) is 4.79 Å². The molecular weight excluding hydrogens is 522 g/mol. The zero-order valence-corrected chi connectivity index (χ0v) is 22.9. The van der Waals surface area contributed by atoms with Gasteiger partial charge in [0.25, 0.3) is 17.7 Å². The highest BCUT2D eigenvalue weighted by Gasteiger charge is 2.45. The van der Waals surface area contributed by atoms with Gasteiger partial charge >= 0.3 is 5.97 Å². The minimum absolute atomic E-state index is 0.0617. The second kappa shape index (κ2) is 12.7. The highest BCUT2D eigenvalue weighted by molar-refractivity contribution is 6.22. The first-order valence-corrected chi connectivity index (χ1v) is 13.1. The number of nitrogens with one attached hydrogen (secondary N) is 1. The number of hydrogen-bond acceptors (Lipinski definition) is 7. The minimum Gasteiger partial charge on any atom is -0.493 e. The van der Waals surface area contributed by atoms with Gasteiger partial charge in [-0.3, -0.25) is 19.3 Å². The third-order valence-electron chi connectivity index (χ3n) is 6.90. The van der Waals surface area contributed by atoms with Crippen molar-refractivity contribution in [2.75, 3.05) is 7.11 Å². The van der Waals surface area contributed by atoms with Gasteiger partial charge in [-0.05, 0) is 47.4 Å². The Kier molecular flexibility index (Phi) is 8.95. The standard InChI is InChI=1S/C32H29N3O6/c1-4-20(2)28(35-30(37)24-12-8-9-13-25(24)31(35)38)32(39)41-26-15-14-22(17-27(26)40-3)16-23(18-33)29(36)34-19-21-10-6-5-7-11-21/h5-17,20,28H,4,19H2,1-3H3,(H,34,36)/b23-16+. The van der Waals surface area contributed by atoms with Gasteiger partial charge in [0.15, 0.2) is 11.5 Å². The molecule has 0 saturated heterocycles. The number of nitrogens with zero attached hydrogens (tertiary/aromatic N) is 2. The fourth-order valence-electron chi connectivity index (χ4n) is 4.49. The van der Waals surface area contributed by atoms with Crippen LogP contribution in [0.4, 0.5) is 0 Å². The quantitative estimate of drug-likeness (QED) is 0.129. The predicted octanol–water partition coefficient (Wildman–Crippen LogP) is 4.53. The Bertz CT molecular complexity index is 1520. The highest BCUT2D eigenvalue weighted by atomic mass is 16.6. The molecular formula is C32H29N3O6. The number of esters is 1. The van der Waals surface area contributed by atoms with Crippen LogP contribution in [-0.4, -0.2) is 41.7 Å². The molecule has 0 aromatic heterocycles. The molecule has 41 heavy (non-hydrogen) atoms. The number of methoxy groups -OCH3 is 1. The molecule has 9 heteroatoms. The van der Waals surface area contributed by atoms with Gasteiger partial charge < -0.3 is 14.8 Å². The molecule has 1 aliphatic heterocycles. The van der Waals surface area contributed by atoms with E-state index in [2.05, 4.69) is 5.32 Å². The van der Waals surface area contributed by atoms with Gasteiger partial charge in [0.05, 0.1) is 18.2 Å². The number of carbonyl (C=O) groups is 4. The fraction of sp³-hybridized carbons (Fsp3) is 0.219. The van der Waals surface area contributed by atoms with Crippen molar-refractivity contribution in [3.63, 3.8) is 0 Å². The summed E-state index contributed by atoms with van der Waals surface area (Å²) in [5.41, 5.74) is 1.73. The molecule has 0 aliphatic carbocycles. The molecule has 0 saturated carbocycles. The number of amides is 3. The summed E-state index contributed by atoms with van der Waals surface area (Å²) in [6.07, 6.45) is 1.91. The van der Waals surface area contributed by atoms with Crippen molar-refractivity contribution in [1.29, 1.82) is 5.26 Å². The van der Waals surface area contributed by atoms with E-state index in [4.69, 9.17) is 9.47 Å². The topological polar surface area (TPSA) is 126 Å². The predicted molar refractivity (Wildman–Crippen MR) is 151 cm³/mol. The molecule has 1 aliphatic rings. The van der Waals surface area contributed by atoms with E-state index in [0.717, 1.165) is 10.5 Å². The lowest BCUT2D eigenvalue weighted by Crippen LogP contribution is -2.50. The third-order valence-corrected chi connectivity index (χ3v) is 6.90. The second-order valence-corrected chi connectivity index (χ2v) is 9.53. The van der Waals surface area contributed by atoms with E-state index >= 15 is 0 Å².